The minimum Gasteiger partial charge on any atom is -0.311 e. The Morgan fingerprint density at radius 2 is 1.92 bits per heavy atom. The van der Waals surface area contributed by atoms with Gasteiger partial charge in [-0.15, -0.1) is 0 Å². The number of H-pyrrole nitrogens is 1. The van der Waals surface area contributed by atoms with Crippen LogP contribution in [-0.2, 0) is 4.79 Å². The second-order valence-electron chi connectivity index (χ2n) is 6.81. The standard InChI is InChI=1S/C18H22N4O2/c23-15-10-14(12-6-5-9-19-11-12)16-17(20-15)22(21-18(16)24)13-7-3-1-2-4-8-13/h5-6,9,11,13-14H,1-4,7-8,10H2,(H,20,23)(H,21,24). The summed E-state index contributed by atoms with van der Waals surface area (Å²) in [6.07, 6.45) is 10.7. The molecule has 0 aromatic carbocycles. The van der Waals surface area contributed by atoms with Crippen LogP contribution in [0.2, 0.25) is 0 Å². The van der Waals surface area contributed by atoms with Gasteiger partial charge >= 0.3 is 0 Å². The van der Waals surface area contributed by atoms with Crippen LogP contribution in [0.25, 0.3) is 0 Å². The lowest BCUT2D eigenvalue weighted by Gasteiger charge is -2.25. The number of nitrogens with one attached hydrogen (secondary N) is 2. The van der Waals surface area contributed by atoms with Gasteiger partial charge in [-0.05, 0) is 24.5 Å². The Bertz CT molecular complexity index is 785. The van der Waals surface area contributed by atoms with Crippen LogP contribution in [0.5, 0.6) is 0 Å². The Hall–Kier alpha value is -2.37. The number of carbonyl (C=O) groups excluding carboxylic acids is 1. The van der Waals surface area contributed by atoms with Crippen LogP contribution in [0.3, 0.4) is 0 Å². The highest BCUT2D eigenvalue weighted by Crippen LogP contribution is 2.37. The molecule has 1 atom stereocenters. The van der Waals surface area contributed by atoms with Crippen molar-refractivity contribution in [3.63, 3.8) is 0 Å². The highest BCUT2D eigenvalue weighted by Gasteiger charge is 2.34. The second kappa shape index (κ2) is 6.26. The smallest absolute Gasteiger partial charge is 0.270 e. The van der Waals surface area contributed by atoms with E-state index < -0.39 is 0 Å². The van der Waals surface area contributed by atoms with Crippen LogP contribution in [0.1, 0.15) is 68.0 Å². The van der Waals surface area contributed by atoms with Gasteiger partial charge in [0.15, 0.2) is 0 Å². The number of aromatic amines is 1. The van der Waals surface area contributed by atoms with Crippen LogP contribution in [0.4, 0.5) is 5.82 Å². The van der Waals surface area contributed by atoms with Gasteiger partial charge in [-0.2, -0.15) is 0 Å². The van der Waals surface area contributed by atoms with E-state index in [0.717, 1.165) is 18.4 Å². The maximum Gasteiger partial charge on any atom is 0.270 e. The molecule has 2 aliphatic rings. The van der Waals surface area contributed by atoms with Crippen LogP contribution >= 0.6 is 0 Å². The van der Waals surface area contributed by atoms with E-state index in [1.54, 1.807) is 12.4 Å². The molecule has 1 saturated carbocycles. The van der Waals surface area contributed by atoms with Crippen molar-refractivity contribution >= 4 is 11.7 Å². The number of aromatic nitrogens is 3. The third kappa shape index (κ3) is 2.66. The monoisotopic (exact) mass is 326 g/mol. The Labute approximate surface area is 140 Å². The molecule has 2 aromatic heterocycles. The lowest BCUT2D eigenvalue weighted by Crippen LogP contribution is -2.27. The predicted octanol–water partition coefficient (Wildman–Crippen LogP) is 2.94. The van der Waals surface area contributed by atoms with E-state index in [-0.39, 0.29) is 29.8 Å². The maximum absolute atomic E-state index is 12.7. The highest BCUT2D eigenvalue weighted by atomic mass is 16.2. The van der Waals surface area contributed by atoms with Crippen LogP contribution < -0.4 is 10.9 Å². The number of rotatable bonds is 2. The summed E-state index contributed by atoms with van der Waals surface area (Å²) in [5, 5.41) is 5.94. The largest absolute Gasteiger partial charge is 0.311 e. The number of carbonyl (C=O) groups is 1. The number of hydrogen-bond acceptors (Lipinski definition) is 3. The molecule has 0 radical (unpaired) electrons. The number of fused-ring (bicyclic) bond motifs is 1. The maximum atomic E-state index is 12.7. The summed E-state index contributed by atoms with van der Waals surface area (Å²) in [5.41, 5.74) is 1.49. The minimum atomic E-state index is -0.224. The molecular weight excluding hydrogens is 304 g/mol. The molecule has 1 amide bonds. The van der Waals surface area contributed by atoms with Gasteiger partial charge in [0.25, 0.3) is 5.56 Å². The molecular formula is C18H22N4O2. The second-order valence-corrected chi connectivity index (χ2v) is 6.81. The molecule has 6 heteroatoms. The Morgan fingerprint density at radius 3 is 2.62 bits per heavy atom. The Morgan fingerprint density at radius 1 is 1.12 bits per heavy atom. The molecule has 2 N–H and O–H groups in total. The molecule has 24 heavy (non-hydrogen) atoms. The number of nitrogens with zero attached hydrogens (tertiary/aromatic N) is 2. The summed E-state index contributed by atoms with van der Waals surface area (Å²) in [7, 11) is 0. The summed E-state index contributed by atoms with van der Waals surface area (Å²) in [6.45, 7) is 0. The van der Waals surface area contributed by atoms with Gasteiger partial charge in [-0.1, -0.05) is 31.7 Å². The average Bonchev–Trinajstić information content (AvgIpc) is 2.79. The molecule has 4 rings (SSSR count). The van der Waals surface area contributed by atoms with Crippen LogP contribution in [-0.4, -0.2) is 20.7 Å². The van der Waals surface area contributed by atoms with Crippen molar-refractivity contribution < 1.29 is 4.79 Å². The van der Waals surface area contributed by atoms with Crippen molar-refractivity contribution in [3.8, 4) is 0 Å². The fraction of sp³-hybridized carbons (Fsp3) is 0.500. The van der Waals surface area contributed by atoms with E-state index in [1.165, 1.54) is 25.7 Å². The van der Waals surface area contributed by atoms with Gasteiger partial charge in [0, 0.05) is 24.7 Å². The summed E-state index contributed by atoms with van der Waals surface area (Å²) >= 11 is 0. The van der Waals surface area contributed by atoms with Gasteiger partial charge in [0.1, 0.15) is 5.82 Å². The average molecular weight is 326 g/mol. The zero-order valence-corrected chi connectivity index (χ0v) is 13.6. The molecule has 1 aliphatic heterocycles. The van der Waals surface area contributed by atoms with Crippen molar-refractivity contribution in [1.82, 2.24) is 14.8 Å². The van der Waals surface area contributed by atoms with E-state index >= 15 is 0 Å². The van der Waals surface area contributed by atoms with Gasteiger partial charge in [-0.3, -0.25) is 24.4 Å². The van der Waals surface area contributed by atoms with Crippen LogP contribution in [0, 0.1) is 0 Å². The lowest BCUT2D eigenvalue weighted by molar-refractivity contribution is -0.116. The molecule has 126 valence electrons. The predicted molar refractivity (Wildman–Crippen MR) is 91.1 cm³/mol. The van der Waals surface area contributed by atoms with Crippen molar-refractivity contribution in [2.75, 3.05) is 5.32 Å². The third-order valence-corrected chi connectivity index (χ3v) is 5.24. The first-order chi connectivity index (χ1) is 11.7. The van der Waals surface area contributed by atoms with Crippen molar-refractivity contribution in [1.29, 1.82) is 0 Å². The van der Waals surface area contributed by atoms with Crippen LogP contribution in [0.15, 0.2) is 29.3 Å². The normalized spacial score (nSPS) is 21.8. The van der Waals surface area contributed by atoms with E-state index in [1.807, 2.05) is 16.8 Å². The SMILES string of the molecule is O=C1CC(c2cccnc2)c2c(n(C3CCCCCC3)[nH]c2=O)N1. The fourth-order valence-electron chi connectivity index (χ4n) is 4.04. The zero-order valence-electron chi connectivity index (χ0n) is 13.6. The fourth-order valence-corrected chi connectivity index (χ4v) is 4.04. The molecule has 6 nitrogen and oxygen atoms in total. The topological polar surface area (TPSA) is 79.8 Å². The molecule has 1 fully saturated rings. The molecule has 0 saturated heterocycles. The van der Waals surface area contributed by atoms with Crippen molar-refractivity contribution in [3.05, 3.63) is 46.0 Å². The van der Waals surface area contributed by atoms with E-state index in [4.69, 9.17) is 0 Å². The van der Waals surface area contributed by atoms with Gasteiger partial charge in [0.05, 0.1) is 11.6 Å². The third-order valence-electron chi connectivity index (χ3n) is 5.24. The number of anilines is 1. The first kappa shape index (κ1) is 15.2. The first-order valence-corrected chi connectivity index (χ1v) is 8.78. The van der Waals surface area contributed by atoms with Gasteiger partial charge in [0.2, 0.25) is 5.91 Å². The molecule has 0 bridgehead atoms. The first-order valence-electron chi connectivity index (χ1n) is 8.78. The van der Waals surface area contributed by atoms with E-state index in [2.05, 4.69) is 15.4 Å². The molecule has 3 heterocycles. The number of amides is 1. The summed E-state index contributed by atoms with van der Waals surface area (Å²) in [5.74, 6) is 0.396. The molecule has 0 spiro atoms. The highest BCUT2D eigenvalue weighted by molar-refractivity contribution is 5.94. The summed E-state index contributed by atoms with van der Waals surface area (Å²) in [4.78, 5) is 29.1. The van der Waals surface area contributed by atoms with Gasteiger partial charge < -0.3 is 5.32 Å². The van der Waals surface area contributed by atoms with E-state index in [0.29, 0.717) is 11.4 Å². The van der Waals surface area contributed by atoms with Crippen molar-refractivity contribution in [2.45, 2.75) is 56.9 Å². The minimum absolute atomic E-state index is 0.0438. The lowest BCUT2D eigenvalue weighted by atomic mass is 9.88. The summed E-state index contributed by atoms with van der Waals surface area (Å²) in [6, 6.07) is 4.04. The number of pyridine rings is 1. The van der Waals surface area contributed by atoms with Gasteiger partial charge in [-0.25, -0.2) is 0 Å². The summed E-state index contributed by atoms with van der Waals surface area (Å²) < 4.78 is 1.92. The number of hydrogen-bond donors (Lipinski definition) is 2. The molecule has 2 aromatic rings. The Kier molecular flexibility index (Phi) is 3.96. The van der Waals surface area contributed by atoms with Crippen molar-refractivity contribution in [2.24, 2.45) is 0 Å². The molecule has 1 unspecified atom stereocenters. The molecule has 1 aliphatic carbocycles. The van der Waals surface area contributed by atoms with E-state index in [9.17, 15) is 9.59 Å². The quantitative estimate of drug-likeness (QED) is 0.833. The Balaban J connectivity index is 1.78. The zero-order chi connectivity index (χ0) is 16.5.